The van der Waals surface area contributed by atoms with E-state index >= 15 is 0 Å². The fourth-order valence-electron chi connectivity index (χ4n) is 3.62. The lowest BCUT2D eigenvalue weighted by atomic mass is 9.88. The van der Waals surface area contributed by atoms with E-state index in [4.69, 9.17) is 10.5 Å². The fourth-order valence-corrected chi connectivity index (χ4v) is 3.62. The highest BCUT2D eigenvalue weighted by Gasteiger charge is 2.27. The summed E-state index contributed by atoms with van der Waals surface area (Å²) < 4.78 is 18.3. The molecule has 0 aromatic heterocycles. The molecule has 3 atom stereocenters. The molecule has 0 bridgehead atoms. The van der Waals surface area contributed by atoms with Crippen LogP contribution in [0.15, 0.2) is 48.5 Å². The highest BCUT2D eigenvalue weighted by Crippen LogP contribution is 2.34. The largest absolute Gasteiger partial charge is 0.377 e. The molecule has 2 aromatic rings. The second-order valence-corrected chi connectivity index (χ2v) is 7.23. The second kappa shape index (κ2) is 9.11. The first kappa shape index (κ1) is 19.5. The van der Waals surface area contributed by atoms with E-state index in [1.54, 1.807) is 17.0 Å². The van der Waals surface area contributed by atoms with Crippen molar-refractivity contribution < 1.29 is 13.9 Å². The average Bonchev–Trinajstić information content (AvgIpc) is 2.70. The Labute approximate surface area is 160 Å². The molecule has 2 aliphatic heterocycles. The smallest absolute Gasteiger partial charge is 0.210 e. The van der Waals surface area contributed by atoms with Gasteiger partial charge < -0.3 is 15.4 Å². The molecule has 0 radical (unpaired) electrons. The fraction of sp³-hybridized carbons (Fsp3) is 0.409. The topological polar surface area (TPSA) is 55.6 Å². The van der Waals surface area contributed by atoms with Crippen molar-refractivity contribution in [1.82, 2.24) is 4.90 Å². The number of carbonyl (C=O) groups excluding carboxylic acids is 1. The molecule has 0 saturated carbocycles. The van der Waals surface area contributed by atoms with E-state index in [1.165, 1.54) is 17.7 Å². The maximum Gasteiger partial charge on any atom is 0.210 e. The van der Waals surface area contributed by atoms with E-state index in [-0.39, 0.29) is 11.9 Å². The van der Waals surface area contributed by atoms with Gasteiger partial charge in [0.2, 0.25) is 6.41 Å². The van der Waals surface area contributed by atoms with Crippen LogP contribution in [-0.2, 0) is 16.0 Å². The Balaban J connectivity index is 0.000000221. The number of fused-ring (bicyclic) bond motifs is 1. The molecule has 144 valence electrons. The lowest BCUT2D eigenvalue weighted by Gasteiger charge is -2.35. The highest BCUT2D eigenvalue weighted by atomic mass is 19.1. The van der Waals surface area contributed by atoms with Crippen LogP contribution >= 0.6 is 0 Å². The predicted molar refractivity (Wildman–Crippen MR) is 104 cm³/mol. The Hall–Kier alpha value is -2.24. The first-order chi connectivity index (χ1) is 13.1. The lowest BCUT2D eigenvalue weighted by Crippen LogP contribution is -2.34. The number of rotatable bonds is 2. The Morgan fingerprint density at radius 3 is 2.52 bits per heavy atom. The molecule has 2 N–H and O–H groups in total. The molecule has 4 rings (SSSR count). The van der Waals surface area contributed by atoms with Gasteiger partial charge in [-0.05, 0) is 55.0 Å². The van der Waals surface area contributed by atoms with Gasteiger partial charge in [0.25, 0.3) is 0 Å². The molecule has 2 heterocycles. The first-order valence-electron chi connectivity index (χ1n) is 9.50. The van der Waals surface area contributed by atoms with Crippen LogP contribution in [0.3, 0.4) is 0 Å². The number of ether oxygens (including phenoxy) is 1. The molecule has 0 spiro atoms. The molecular formula is C22H27FN2O2. The number of benzene rings is 2. The Morgan fingerprint density at radius 2 is 1.89 bits per heavy atom. The van der Waals surface area contributed by atoms with E-state index in [1.807, 2.05) is 18.2 Å². The highest BCUT2D eigenvalue weighted by molar-refractivity contribution is 5.54. The van der Waals surface area contributed by atoms with Crippen molar-refractivity contribution in [1.29, 1.82) is 0 Å². The third kappa shape index (κ3) is 4.93. The van der Waals surface area contributed by atoms with Crippen molar-refractivity contribution >= 4 is 6.41 Å². The number of amides is 1. The van der Waals surface area contributed by atoms with Gasteiger partial charge in [-0.25, -0.2) is 4.39 Å². The SMILES string of the molecule is C[C@H]1CCC(N)CO1.O=CN1CCc2ccccc2[C@@H]1c1ccc(F)cc1. The number of nitrogens with zero attached hydrogens (tertiary/aromatic N) is 1. The molecule has 2 aromatic carbocycles. The van der Waals surface area contributed by atoms with Gasteiger partial charge in [-0.1, -0.05) is 36.4 Å². The van der Waals surface area contributed by atoms with Crippen molar-refractivity contribution in [2.24, 2.45) is 5.73 Å². The van der Waals surface area contributed by atoms with E-state index < -0.39 is 0 Å². The molecule has 5 heteroatoms. The van der Waals surface area contributed by atoms with Gasteiger partial charge in [-0.2, -0.15) is 0 Å². The van der Waals surface area contributed by atoms with Crippen LogP contribution in [0, 0.1) is 5.82 Å². The maximum absolute atomic E-state index is 13.0. The van der Waals surface area contributed by atoms with Gasteiger partial charge >= 0.3 is 0 Å². The Kier molecular flexibility index (Phi) is 6.58. The maximum atomic E-state index is 13.0. The number of hydrogen-bond donors (Lipinski definition) is 1. The van der Waals surface area contributed by atoms with Crippen molar-refractivity contribution in [2.75, 3.05) is 13.2 Å². The zero-order valence-corrected chi connectivity index (χ0v) is 15.7. The van der Waals surface area contributed by atoms with Crippen molar-refractivity contribution in [3.63, 3.8) is 0 Å². The van der Waals surface area contributed by atoms with E-state index in [9.17, 15) is 9.18 Å². The van der Waals surface area contributed by atoms with Crippen LogP contribution in [0.25, 0.3) is 0 Å². The summed E-state index contributed by atoms with van der Waals surface area (Å²) >= 11 is 0. The van der Waals surface area contributed by atoms with E-state index in [0.29, 0.717) is 18.7 Å². The van der Waals surface area contributed by atoms with Gasteiger partial charge in [0.1, 0.15) is 5.82 Å². The number of hydrogen-bond acceptors (Lipinski definition) is 3. The first-order valence-corrected chi connectivity index (χ1v) is 9.50. The molecule has 1 saturated heterocycles. The van der Waals surface area contributed by atoms with Crippen molar-refractivity contribution in [2.45, 2.75) is 44.4 Å². The van der Waals surface area contributed by atoms with Crippen LogP contribution in [-0.4, -0.2) is 36.6 Å². The zero-order chi connectivity index (χ0) is 19.2. The quantitative estimate of drug-likeness (QED) is 0.824. The summed E-state index contributed by atoms with van der Waals surface area (Å²) in [4.78, 5) is 13.0. The number of carbonyl (C=O) groups is 1. The summed E-state index contributed by atoms with van der Waals surface area (Å²) in [6.45, 7) is 3.54. The van der Waals surface area contributed by atoms with Crippen LogP contribution < -0.4 is 5.73 Å². The summed E-state index contributed by atoms with van der Waals surface area (Å²) in [5.41, 5.74) is 8.91. The number of halogens is 1. The lowest BCUT2D eigenvalue weighted by molar-refractivity contribution is -0.119. The van der Waals surface area contributed by atoms with Crippen LogP contribution in [0.4, 0.5) is 4.39 Å². The van der Waals surface area contributed by atoms with Crippen molar-refractivity contribution in [3.05, 3.63) is 71.0 Å². The van der Waals surface area contributed by atoms with Crippen LogP contribution in [0.5, 0.6) is 0 Å². The summed E-state index contributed by atoms with van der Waals surface area (Å²) in [6.07, 6.45) is 4.44. The van der Waals surface area contributed by atoms with E-state index in [0.717, 1.165) is 43.4 Å². The summed E-state index contributed by atoms with van der Waals surface area (Å²) in [5, 5.41) is 0. The summed E-state index contributed by atoms with van der Waals surface area (Å²) in [5.74, 6) is -0.259. The third-order valence-electron chi connectivity index (χ3n) is 5.18. The average molecular weight is 370 g/mol. The zero-order valence-electron chi connectivity index (χ0n) is 15.7. The van der Waals surface area contributed by atoms with Crippen LogP contribution in [0.1, 0.15) is 42.5 Å². The minimum atomic E-state index is -0.259. The van der Waals surface area contributed by atoms with Gasteiger partial charge in [-0.15, -0.1) is 0 Å². The van der Waals surface area contributed by atoms with E-state index in [2.05, 4.69) is 13.0 Å². The molecule has 27 heavy (non-hydrogen) atoms. The third-order valence-corrected chi connectivity index (χ3v) is 5.18. The van der Waals surface area contributed by atoms with Gasteiger partial charge in [0, 0.05) is 12.6 Å². The van der Waals surface area contributed by atoms with Gasteiger partial charge in [-0.3, -0.25) is 4.79 Å². The van der Waals surface area contributed by atoms with Crippen LogP contribution in [0.2, 0.25) is 0 Å². The monoisotopic (exact) mass is 370 g/mol. The standard InChI is InChI=1S/C16H14FNO.C6H13NO/c17-14-7-5-13(6-8-14)16-15-4-2-1-3-12(15)9-10-18(16)11-19;1-5-2-3-6(7)4-8-5/h1-8,11,16H,9-10H2;5-6H,2-4,7H2,1H3/t16-;5-,6?/m00/s1. The summed E-state index contributed by atoms with van der Waals surface area (Å²) in [6, 6.07) is 14.7. The minimum absolute atomic E-state index is 0.108. The minimum Gasteiger partial charge on any atom is -0.377 e. The molecule has 2 aliphatic rings. The number of nitrogens with two attached hydrogens (primary N) is 1. The predicted octanol–water partition coefficient (Wildman–Crippen LogP) is 3.44. The normalized spacial score (nSPS) is 24.4. The second-order valence-electron chi connectivity index (χ2n) is 7.23. The molecule has 1 unspecified atom stereocenters. The van der Waals surface area contributed by atoms with Crippen molar-refractivity contribution in [3.8, 4) is 0 Å². The molecule has 4 nitrogen and oxygen atoms in total. The molecule has 1 amide bonds. The molecular weight excluding hydrogens is 343 g/mol. The Bertz CT molecular complexity index is 732. The van der Waals surface area contributed by atoms with Gasteiger partial charge in [0.05, 0.1) is 18.8 Å². The molecule has 1 fully saturated rings. The molecule has 0 aliphatic carbocycles. The van der Waals surface area contributed by atoms with Gasteiger partial charge in [0.15, 0.2) is 0 Å². The summed E-state index contributed by atoms with van der Waals surface area (Å²) in [7, 11) is 0. The Morgan fingerprint density at radius 1 is 1.15 bits per heavy atom.